The number of benzene rings is 1. The average Bonchev–Trinajstić information content (AvgIpc) is 2.54. The van der Waals surface area contributed by atoms with Crippen LogP contribution in [0.1, 0.15) is 28.9 Å². The van der Waals surface area contributed by atoms with E-state index in [-0.39, 0.29) is 30.0 Å². The summed E-state index contributed by atoms with van der Waals surface area (Å²) < 4.78 is 5.30. The van der Waals surface area contributed by atoms with Crippen LogP contribution in [0.2, 0.25) is 0 Å². The van der Waals surface area contributed by atoms with E-state index in [0.717, 1.165) is 5.56 Å². The summed E-state index contributed by atoms with van der Waals surface area (Å²) in [6, 6.07) is 7.83. The number of fused-ring (bicyclic) bond motifs is 1. The number of carbonyl (C=O) groups excluding carboxylic acids is 2. The number of hydrogen-bond acceptors (Lipinski definition) is 4. The Kier molecular flexibility index (Phi) is 3.84. The van der Waals surface area contributed by atoms with Gasteiger partial charge < -0.3 is 20.4 Å². The molecule has 0 saturated carbocycles. The SMILES string of the molecule is CC(NC(=O)c1ccc(=O)[nH]c1)c1ccc2c(c1)NC(=O)CO2. The predicted molar refractivity (Wildman–Crippen MR) is 83.5 cm³/mol. The molecular weight excluding hydrogens is 298 g/mol. The summed E-state index contributed by atoms with van der Waals surface area (Å²) >= 11 is 0. The smallest absolute Gasteiger partial charge is 0.262 e. The van der Waals surface area contributed by atoms with Crippen molar-refractivity contribution in [2.75, 3.05) is 11.9 Å². The predicted octanol–water partition coefficient (Wildman–Crippen LogP) is 1.20. The summed E-state index contributed by atoms with van der Waals surface area (Å²) in [5.41, 5.74) is 1.52. The van der Waals surface area contributed by atoms with Crippen LogP contribution in [-0.2, 0) is 4.79 Å². The Morgan fingerprint density at radius 3 is 2.83 bits per heavy atom. The van der Waals surface area contributed by atoms with Crippen LogP contribution < -0.4 is 20.9 Å². The largest absolute Gasteiger partial charge is 0.482 e. The molecule has 1 aliphatic heterocycles. The highest BCUT2D eigenvalue weighted by Gasteiger charge is 2.18. The van der Waals surface area contributed by atoms with Gasteiger partial charge in [0.1, 0.15) is 5.75 Å². The molecule has 1 aromatic heterocycles. The number of aromatic amines is 1. The number of anilines is 1. The third kappa shape index (κ3) is 3.23. The van der Waals surface area contributed by atoms with Crippen molar-refractivity contribution >= 4 is 17.5 Å². The second-order valence-electron chi connectivity index (χ2n) is 5.23. The molecule has 1 aliphatic rings. The van der Waals surface area contributed by atoms with Gasteiger partial charge in [0.2, 0.25) is 5.56 Å². The van der Waals surface area contributed by atoms with Gasteiger partial charge in [-0.15, -0.1) is 0 Å². The van der Waals surface area contributed by atoms with E-state index in [1.54, 1.807) is 12.1 Å². The Hall–Kier alpha value is -3.09. The maximum Gasteiger partial charge on any atom is 0.262 e. The Morgan fingerprint density at radius 2 is 2.09 bits per heavy atom. The normalized spacial score (nSPS) is 14.2. The lowest BCUT2D eigenvalue weighted by molar-refractivity contribution is -0.118. The molecule has 1 unspecified atom stereocenters. The lowest BCUT2D eigenvalue weighted by Crippen LogP contribution is -2.28. The molecule has 0 bridgehead atoms. The van der Waals surface area contributed by atoms with Crippen molar-refractivity contribution in [1.29, 1.82) is 0 Å². The fourth-order valence-corrected chi connectivity index (χ4v) is 2.29. The molecule has 0 spiro atoms. The van der Waals surface area contributed by atoms with Crippen LogP contribution in [0, 0.1) is 0 Å². The summed E-state index contributed by atoms with van der Waals surface area (Å²) in [6.07, 6.45) is 1.37. The first-order valence-corrected chi connectivity index (χ1v) is 7.09. The van der Waals surface area contributed by atoms with Gasteiger partial charge in [0.15, 0.2) is 6.61 Å². The second-order valence-corrected chi connectivity index (χ2v) is 5.23. The zero-order valence-electron chi connectivity index (χ0n) is 12.4. The monoisotopic (exact) mass is 313 g/mol. The summed E-state index contributed by atoms with van der Waals surface area (Å²) in [6.45, 7) is 1.83. The first-order valence-electron chi connectivity index (χ1n) is 7.09. The standard InChI is InChI=1S/C16H15N3O4/c1-9(18-16(22)11-3-5-14(20)17-7-11)10-2-4-13-12(6-10)19-15(21)8-23-13/h2-7,9H,8H2,1H3,(H,17,20)(H,18,22)(H,19,21). The van der Waals surface area contributed by atoms with Crippen molar-refractivity contribution < 1.29 is 14.3 Å². The molecule has 0 saturated heterocycles. The van der Waals surface area contributed by atoms with E-state index < -0.39 is 0 Å². The van der Waals surface area contributed by atoms with Gasteiger partial charge in [-0.25, -0.2) is 0 Å². The van der Waals surface area contributed by atoms with E-state index in [4.69, 9.17) is 4.74 Å². The maximum absolute atomic E-state index is 12.2. The van der Waals surface area contributed by atoms with E-state index in [9.17, 15) is 14.4 Å². The van der Waals surface area contributed by atoms with Crippen molar-refractivity contribution in [3.63, 3.8) is 0 Å². The van der Waals surface area contributed by atoms with Crippen molar-refractivity contribution in [3.8, 4) is 5.75 Å². The number of nitrogens with one attached hydrogen (secondary N) is 3. The Labute approximate surface area is 131 Å². The van der Waals surface area contributed by atoms with E-state index in [1.165, 1.54) is 18.3 Å². The number of pyridine rings is 1. The second kappa shape index (κ2) is 5.96. The molecule has 2 heterocycles. The topological polar surface area (TPSA) is 100 Å². The molecule has 2 aromatic rings. The number of carbonyl (C=O) groups is 2. The van der Waals surface area contributed by atoms with Crippen LogP contribution in [0.5, 0.6) is 5.75 Å². The molecule has 118 valence electrons. The van der Waals surface area contributed by atoms with E-state index in [0.29, 0.717) is 17.0 Å². The molecule has 7 heteroatoms. The van der Waals surface area contributed by atoms with Gasteiger partial charge in [-0.3, -0.25) is 14.4 Å². The lowest BCUT2D eigenvalue weighted by atomic mass is 10.1. The van der Waals surface area contributed by atoms with Crippen LogP contribution in [0.25, 0.3) is 0 Å². The Bertz CT molecular complexity index is 808. The van der Waals surface area contributed by atoms with Crippen LogP contribution in [0.3, 0.4) is 0 Å². The number of hydrogen-bond donors (Lipinski definition) is 3. The summed E-state index contributed by atoms with van der Waals surface area (Å²) in [5.74, 6) is 0.0962. The van der Waals surface area contributed by atoms with Gasteiger partial charge in [-0.05, 0) is 30.7 Å². The summed E-state index contributed by atoms with van der Waals surface area (Å²) in [7, 11) is 0. The zero-order chi connectivity index (χ0) is 16.4. The quantitative estimate of drug-likeness (QED) is 0.792. The van der Waals surface area contributed by atoms with Crippen molar-refractivity contribution in [1.82, 2.24) is 10.3 Å². The van der Waals surface area contributed by atoms with Gasteiger partial charge in [0.05, 0.1) is 17.3 Å². The van der Waals surface area contributed by atoms with E-state index >= 15 is 0 Å². The lowest BCUT2D eigenvalue weighted by Gasteiger charge is -2.21. The van der Waals surface area contributed by atoms with Gasteiger partial charge in [0.25, 0.3) is 11.8 Å². The minimum Gasteiger partial charge on any atom is -0.482 e. The molecule has 23 heavy (non-hydrogen) atoms. The molecule has 3 N–H and O–H groups in total. The molecule has 3 rings (SSSR count). The van der Waals surface area contributed by atoms with Gasteiger partial charge in [-0.1, -0.05) is 6.07 Å². The molecule has 2 amide bonds. The van der Waals surface area contributed by atoms with E-state index in [2.05, 4.69) is 15.6 Å². The van der Waals surface area contributed by atoms with Gasteiger partial charge in [0, 0.05) is 12.3 Å². The average molecular weight is 313 g/mol. The van der Waals surface area contributed by atoms with Gasteiger partial charge in [-0.2, -0.15) is 0 Å². The molecule has 0 radical (unpaired) electrons. The summed E-state index contributed by atoms with van der Waals surface area (Å²) in [4.78, 5) is 37.0. The van der Waals surface area contributed by atoms with Crippen LogP contribution in [0.4, 0.5) is 5.69 Å². The highest BCUT2D eigenvalue weighted by molar-refractivity contribution is 5.96. The van der Waals surface area contributed by atoms with Crippen LogP contribution in [-0.4, -0.2) is 23.4 Å². The fraction of sp³-hybridized carbons (Fsp3) is 0.188. The first kappa shape index (κ1) is 14.8. The van der Waals surface area contributed by atoms with Gasteiger partial charge >= 0.3 is 0 Å². The third-order valence-corrected chi connectivity index (χ3v) is 3.53. The minimum absolute atomic E-state index is 0.00481. The fourth-order valence-electron chi connectivity index (χ4n) is 2.29. The molecule has 0 fully saturated rings. The third-order valence-electron chi connectivity index (χ3n) is 3.53. The van der Waals surface area contributed by atoms with Crippen molar-refractivity contribution in [2.45, 2.75) is 13.0 Å². The minimum atomic E-state index is -0.299. The molecule has 7 nitrogen and oxygen atoms in total. The molecule has 0 aliphatic carbocycles. The first-order chi connectivity index (χ1) is 11.0. The Morgan fingerprint density at radius 1 is 1.26 bits per heavy atom. The van der Waals surface area contributed by atoms with E-state index in [1.807, 2.05) is 13.0 Å². The zero-order valence-corrected chi connectivity index (χ0v) is 12.4. The van der Waals surface area contributed by atoms with Crippen LogP contribution in [0.15, 0.2) is 41.3 Å². The highest BCUT2D eigenvalue weighted by atomic mass is 16.5. The molecule has 1 aromatic carbocycles. The maximum atomic E-state index is 12.2. The van der Waals surface area contributed by atoms with Crippen molar-refractivity contribution in [2.24, 2.45) is 0 Å². The van der Waals surface area contributed by atoms with Crippen LogP contribution >= 0.6 is 0 Å². The number of H-pyrrole nitrogens is 1. The highest BCUT2D eigenvalue weighted by Crippen LogP contribution is 2.30. The number of amides is 2. The molecule has 1 atom stereocenters. The number of aromatic nitrogens is 1. The summed E-state index contributed by atoms with van der Waals surface area (Å²) in [5, 5.41) is 5.57. The van der Waals surface area contributed by atoms with Crippen molar-refractivity contribution in [3.05, 3.63) is 58.0 Å². The molecular formula is C16H15N3O4. The Balaban J connectivity index is 1.75. The number of ether oxygens (including phenoxy) is 1. The number of rotatable bonds is 3.